The summed E-state index contributed by atoms with van der Waals surface area (Å²) in [5.74, 6) is 0.308. The van der Waals surface area contributed by atoms with E-state index in [0.717, 1.165) is 12.5 Å². The van der Waals surface area contributed by atoms with Crippen molar-refractivity contribution in [3.63, 3.8) is 0 Å². The summed E-state index contributed by atoms with van der Waals surface area (Å²) in [5, 5.41) is -0.342. The molecule has 0 spiro atoms. The average molecular weight is 265 g/mol. The molecular weight excluding hydrogens is 253 g/mol. The summed E-state index contributed by atoms with van der Waals surface area (Å²) < 4.78 is 37.7. The lowest BCUT2D eigenvalue weighted by molar-refractivity contribution is -0.137. The zero-order valence-electron chi connectivity index (χ0n) is 9.18. The average Bonchev–Trinajstić information content (AvgIpc) is 2.19. The van der Waals surface area contributed by atoms with Crippen molar-refractivity contribution in [1.82, 2.24) is 0 Å². The molecule has 0 radical (unpaired) electrons. The number of aliphatic imine (C=N–C) groups is 1. The molecule has 0 fully saturated rings. The minimum atomic E-state index is -4.48. The lowest BCUT2D eigenvalue weighted by atomic mass is 10.2. The van der Waals surface area contributed by atoms with Gasteiger partial charge in [-0.1, -0.05) is 18.5 Å². The highest BCUT2D eigenvalue weighted by Gasteiger charge is 2.33. The van der Waals surface area contributed by atoms with Crippen LogP contribution in [0, 0.1) is 0 Å². The van der Waals surface area contributed by atoms with Gasteiger partial charge < -0.3 is 5.73 Å². The Morgan fingerprint density at radius 1 is 1.41 bits per heavy atom. The zero-order valence-corrected chi connectivity index (χ0v) is 9.94. The van der Waals surface area contributed by atoms with Crippen LogP contribution in [0.25, 0.3) is 0 Å². The highest BCUT2D eigenvalue weighted by Crippen LogP contribution is 2.36. The normalized spacial score (nSPS) is 12.9. The van der Waals surface area contributed by atoms with Crippen LogP contribution in [-0.2, 0) is 6.18 Å². The second-order valence-corrected chi connectivity index (χ2v) is 3.92. The van der Waals surface area contributed by atoms with Crippen LogP contribution in [0.2, 0.25) is 5.02 Å². The highest BCUT2D eigenvalue weighted by molar-refractivity contribution is 6.31. The van der Waals surface area contributed by atoms with Crippen LogP contribution in [0.3, 0.4) is 0 Å². The summed E-state index contributed by atoms with van der Waals surface area (Å²) in [4.78, 5) is 3.90. The van der Waals surface area contributed by atoms with Crippen molar-refractivity contribution in [3.8, 4) is 0 Å². The molecule has 0 aliphatic rings. The van der Waals surface area contributed by atoms with Gasteiger partial charge >= 0.3 is 6.18 Å². The highest BCUT2D eigenvalue weighted by atomic mass is 35.5. The Bertz CT molecular complexity index is 427. The lowest BCUT2D eigenvalue weighted by Crippen LogP contribution is -2.10. The van der Waals surface area contributed by atoms with Crippen LogP contribution in [0.4, 0.5) is 18.9 Å². The molecule has 0 amide bonds. The first kappa shape index (κ1) is 13.8. The summed E-state index contributed by atoms with van der Waals surface area (Å²) in [7, 11) is 0. The Morgan fingerprint density at radius 3 is 2.59 bits per heavy atom. The molecule has 2 nitrogen and oxygen atoms in total. The fourth-order valence-corrected chi connectivity index (χ4v) is 1.50. The number of nitrogens with zero attached hydrogens (tertiary/aromatic N) is 1. The molecule has 94 valence electrons. The fourth-order valence-electron chi connectivity index (χ4n) is 1.28. The van der Waals surface area contributed by atoms with E-state index in [1.807, 2.05) is 6.92 Å². The first-order valence-corrected chi connectivity index (χ1v) is 5.42. The maximum atomic E-state index is 12.6. The van der Waals surface area contributed by atoms with Gasteiger partial charge in [-0.25, -0.2) is 4.99 Å². The van der Waals surface area contributed by atoms with Crippen molar-refractivity contribution in [2.24, 2.45) is 10.7 Å². The third-order valence-electron chi connectivity index (χ3n) is 2.03. The number of hydrogen-bond donors (Lipinski definition) is 1. The second kappa shape index (κ2) is 5.40. The third kappa shape index (κ3) is 3.93. The number of halogens is 4. The maximum absolute atomic E-state index is 12.6. The molecule has 0 unspecified atom stereocenters. The SMILES string of the molecule is CCCC(N)=Nc1ccc(Cl)c(C(F)(F)F)c1. The van der Waals surface area contributed by atoms with Gasteiger partial charge in [0.2, 0.25) is 0 Å². The van der Waals surface area contributed by atoms with Crippen LogP contribution in [0.15, 0.2) is 23.2 Å². The summed E-state index contributed by atoms with van der Waals surface area (Å²) in [6, 6.07) is 3.47. The topological polar surface area (TPSA) is 38.4 Å². The third-order valence-corrected chi connectivity index (χ3v) is 2.36. The molecule has 0 aliphatic heterocycles. The molecule has 0 atom stereocenters. The van der Waals surface area contributed by atoms with Crippen molar-refractivity contribution in [1.29, 1.82) is 0 Å². The van der Waals surface area contributed by atoms with Crippen LogP contribution < -0.4 is 5.73 Å². The summed E-state index contributed by atoms with van der Waals surface area (Å²) in [6.45, 7) is 1.91. The van der Waals surface area contributed by atoms with Crippen LogP contribution in [0.1, 0.15) is 25.3 Å². The van der Waals surface area contributed by atoms with Gasteiger partial charge in [0.05, 0.1) is 22.1 Å². The first-order chi connectivity index (χ1) is 7.84. The molecule has 1 aromatic rings. The number of nitrogens with two attached hydrogens (primary N) is 1. The smallest absolute Gasteiger partial charge is 0.387 e. The lowest BCUT2D eigenvalue weighted by Gasteiger charge is -2.09. The van der Waals surface area contributed by atoms with Gasteiger partial charge in [0.1, 0.15) is 0 Å². The van der Waals surface area contributed by atoms with Crippen molar-refractivity contribution in [2.45, 2.75) is 25.9 Å². The molecule has 0 bridgehead atoms. The Balaban J connectivity index is 3.09. The van der Waals surface area contributed by atoms with E-state index in [4.69, 9.17) is 17.3 Å². The molecule has 6 heteroatoms. The van der Waals surface area contributed by atoms with Crippen molar-refractivity contribution in [3.05, 3.63) is 28.8 Å². The molecule has 17 heavy (non-hydrogen) atoms. The summed E-state index contributed by atoms with van der Waals surface area (Å²) >= 11 is 5.48. The molecule has 0 aliphatic carbocycles. The van der Waals surface area contributed by atoms with E-state index in [1.165, 1.54) is 12.1 Å². The van der Waals surface area contributed by atoms with E-state index in [0.29, 0.717) is 12.3 Å². The van der Waals surface area contributed by atoms with E-state index >= 15 is 0 Å². The maximum Gasteiger partial charge on any atom is 0.417 e. The van der Waals surface area contributed by atoms with Crippen molar-refractivity contribution < 1.29 is 13.2 Å². The zero-order chi connectivity index (χ0) is 13.1. The molecule has 1 aromatic carbocycles. The van der Waals surface area contributed by atoms with Gasteiger partial charge in [0.25, 0.3) is 0 Å². The Labute approximate surface area is 102 Å². The van der Waals surface area contributed by atoms with E-state index in [2.05, 4.69) is 4.99 Å². The van der Waals surface area contributed by atoms with Gasteiger partial charge in [-0.15, -0.1) is 0 Å². The number of alkyl halides is 3. The minimum Gasteiger partial charge on any atom is -0.387 e. The predicted molar refractivity (Wildman–Crippen MR) is 62.6 cm³/mol. The minimum absolute atomic E-state index is 0.160. The number of amidine groups is 1. The predicted octanol–water partition coefficient (Wildman–Crippen LogP) is 4.15. The quantitative estimate of drug-likeness (QED) is 0.646. The Kier molecular flexibility index (Phi) is 4.40. The van der Waals surface area contributed by atoms with Gasteiger partial charge in [-0.05, 0) is 24.6 Å². The van der Waals surface area contributed by atoms with Crippen molar-refractivity contribution in [2.75, 3.05) is 0 Å². The number of hydrogen-bond acceptors (Lipinski definition) is 1. The molecule has 0 aromatic heterocycles. The van der Waals surface area contributed by atoms with E-state index in [9.17, 15) is 13.2 Å². The summed E-state index contributed by atoms with van der Waals surface area (Å²) in [5.41, 5.74) is 4.81. The number of rotatable bonds is 3. The van der Waals surface area contributed by atoms with Crippen LogP contribution in [-0.4, -0.2) is 5.84 Å². The van der Waals surface area contributed by atoms with Crippen molar-refractivity contribution >= 4 is 23.1 Å². The molecule has 2 N–H and O–H groups in total. The monoisotopic (exact) mass is 264 g/mol. The largest absolute Gasteiger partial charge is 0.417 e. The van der Waals surface area contributed by atoms with Crippen LogP contribution in [0.5, 0.6) is 0 Å². The molecular formula is C11H12ClF3N2. The standard InChI is InChI=1S/C11H12ClF3N2/c1-2-3-10(16)17-7-4-5-9(12)8(6-7)11(13,14)15/h4-6H,2-3H2,1H3,(H2,16,17). The molecule has 0 saturated carbocycles. The van der Waals surface area contributed by atoms with Gasteiger partial charge in [-0.2, -0.15) is 13.2 Å². The van der Waals surface area contributed by atoms with Crippen LogP contribution >= 0.6 is 11.6 Å². The van der Waals surface area contributed by atoms with E-state index in [-0.39, 0.29) is 10.7 Å². The van der Waals surface area contributed by atoms with Gasteiger partial charge in [0.15, 0.2) is 0 Å². The Morgan fingerprint density at radius 2 is 2.06 bits per heavy atom. The molecule has 1 rings (SSSR count). The summed E-state index contributed by atoms with van der Waals surface area (Å²) in [6.07, 6.45) is -3.15. The van der Waals surface area contributed by atoms with E-state index < -0.39 is 11.7 Å². The Hall–Kier alpha value is -1.23. The van der Waals surface area contributed by atoms with E-state index in [1.54, 1.807) is 0 Å². The molecule has 0 heterocycles. The fraction of sp³-hybridized carbons (Fsp3) is 0.364. The van der Waals surface area contributed by atoms with Gasteiger partial charge in [-0.3, -0.25) is 0 Å². The first-order valence-electron chi connectivity index (χ1n) is 5.04. The van der Waals surface area contributed by atoms with Gasteiger partial charge in [0, 0.05) is 6.42 Å². The number of benzene rings is 1. The second-order valence-electron chi connectivity index (χ2n) is 3.52. The molecule has 0 saturated heterocycles.